The van der Waals surface area contributed by atoms with Gasteiger partial charge in [0.2, 0.25) is 0 Å². The van der Waals surface area contributed by atoms with E-state index in [1.165, 1.54) is 21.6 Å². The second kappa shape index (κ2) is 9.94. The molecule has 3 N–H and O–H groups in total. The van der Waals surface area contributed by atoms with Crippen LogP contribution in [0.5, 0.6) is 11.5 Å². The lowest BCUT2D eigenvalue weighted by atomic mass is 9.91. The van der Waals surface area contributed by atoms with E-state index in [-0.39, 0.29) is 6.04 Å². The van der Waals surface area contributed by atoms with Gasteiger partial charge < -0.3 is 25.0 Å². The number of thiocarbonyl (C=S) groups is 1. The van der Waals surface area contributed by atoms with Gasteiger partial charge in [0.15, 0.2) is 16.6 Å². The first-order valence-electron chi connectivity index (χ1n) is 10.2. The molecule has 0 amide bonds. The van der Waals surface area contributed by atoms with E-state index >= 15 is 0 Å². The van der Waals surface area contributed by atoms with Gasteiger partial charge in [-0.2, -0.15) is 0 Å². The molecule has 1 unspecified atom stereocenters. The highest BCUT2D eigenvalue weighted by atomic mass is 32.1. The van der Waals surface area contributed by atoms with Gasteiger partial charge in [0, 0.05) is 23.6 Å². The van der Waals surface area contributed by atoms with Crippen LogP contribution in [0.4, 0.5) is 0 Å². The van der Waals surface area contributed by atoms with E-state index in [1.807, 2.05) is 0 Å². The zero-order valence-corrected chi connectivity index (χ0v) is 18.6. The van der Waals surface area contributed by atoms with Crippen LogP contribution in [0.3, 0.4) is 0 Å². The number of ether oxygens (including phenoxy) is 2. The average molecular weight is 415 g/mol. The maximum Gasteiger partial charge on any atom is 0.166 e. The van der Waals surface area contributed by atoms with E-state index < -0.39 is 0 Å². The van der Waals surface area contributed by atoms with Crippen LogP contribution < -0.4 is 25.0 Å². The van der Waals surface area contributed by atoms with Gasteiger partial charge >= 0.3 is 0 Å². The van der Waals surface area contributed by atoms with Crippen molar-refractivity contribution in [2.24, 2.45) is 0 Å². The number of hydrogen-bond donors (Lipinski definition) is 3. The molecule has 29 heavy (non-hydrogen) atoms. The lowest BCUT2D eigenvalue weighted by molar-refractivity contribution is -0.945. The quantitative estimate of drug-likeness (QED) is 0.607. The number of methoxy groups -OCH3 is 2. The van der Waals surface area contributed by atoms with E-state index in [0.29, 0.717) is 11.2 Å². The molecule has 5 nitrogen and oxygen atoms in total. The van der Waals surface area contributed by atoms with E-state index in [1.54, 1.807) is 14.2 Å². The van der Waals surface area contributed by atoms with Crippen molar-refractivity contribution in [2.45, 2.75) is 38.9 Å². The summed E-state index contributed by atoms with van der Waals surface area (Å²) < 4.78 is 11.1. The third-order valence-corrected chi connectivity index (χ3v) is 5.65. The van der Waals surface area contributed by atoms with Crippen LogP contribution in [0.1, 0.15) is 36.6 Å². The molecular formula is C23H32N3O2S+. The summed E-state index contributed by atoms with van der Waals surface area (Å²) in [5, 5.41) is 7.41. The molecule has 0 spiro atoms. The lowest BCUT2D eigenvalue weighted by Gasteiger charge is -2.35. The van der Waals surface area contributed by atoms with Crippen LogP contribution in [-0.2, 0) is 13.0 Å². The van der Waals surface area contributed by atoms with Gasteiger partial charge in [-0.05, 0) is 43.8 Å². The van der Waals surface area contributed by atoms with Crippen molar-refractivity contribution in [3.05, 3.63) is 59.2 Å². The number of fused-ring (bicyclic) bond motifs is 1. The molecule has 3 rings (SSSR count). The topological polar surface area (TPSA) is 47.0 Å². The number of benzene rings is 2. The third-order valence-electron chi connectivity index (χ3n) is 5.39. The largest absolute Gasteiger partial charge is 0.493 e. The molecule has 0 aliphatic carbocycles. The molecule has 0 radical (unpaired) electrons. The van der Waals surface area contributed by atoms with Crippen molar-refractivity contribution in [3.63, 3.8) is 0 Å². The van der Waals surface area contributed by atoms with Gasteiger partial charge in [-0.3, -0.25) is 0 Å². The summed E-state index contributed by atoms with van der Waals surface area (Å²) in [6.45, 7) is 6.99. The van der Waals surface area contributed by atoms with Crippen molar-refractivity contribution in [3.8, 4) is 11.5 Å². The molecule has 1 aliphatic rings. The second-order valence-electron chi connectivity index (χ2n) is 7.79. The second-order valence-corrected chi connectivity index (χ2v) is 8.20. The fourth-order valence-electron chi connectivity index (χ4n) is 4.00. The Hall–Kier alpha value is -2.31. The molecule has 0 aromatic heterocycles. The standard InChI is InChI=1S/C23H31N3O2S/c1-16(2)25-23(29)24-14-20-19-13-22(28-4)21(27-3)12-18(19)10-11-26(20)15-17-8-6-5-7-9-17/h5-9,12-13,16,20H,10-11,14-15H2,1-4H3,(H2,24,25,29)/p+1/t20-/m0/s1. The lowest BCUT2D eigenvalue weighted by Crippen LogP contribution is -3.12. The molecule has 2 aromatic carbocycles. The SMILES string of the molecule is COc1cc2c(cc1OC)[C@H](CNC(=S)NC(C)C)[NH+](Cc1ccccc1)CC2. The van der Waals surface area contributed by atoms with Crippen molar-refractivity contribution in [2.75, 3.05) is 27.3 Å². The fraction of sp³-hybridized carbons (Fsp3) is 0.435. The molecule has 0 bridgehead atoms. The van der Waals surface area contributed by atoms with Crippen molar-refractivity contribution >= 4 is 17.3 Å². The number of nitrogens with one attached hydrogen (secondary N) is 3. The first-order valence-corrected chi connectivity index (χ1v) is 10.6. The van der Waals surface area contributed by atoms with E-state index in [4.69, 9.17) is 21.7 Å². The summed E-state index contributed by atoms with van der Waals surface area (Å²) in [5.41, 5.74) is 3.98. The molecule has 0 saturated heterocycles. The summed E-state index contributed by atoms with van der Waals surface area (Å²) >= 11 is 5.48. The van der Waals surface area contributed by atoms with Crippen molar-refractivity contribution < 1.29 is 14.4 Å². The molecule has 2 atom stereocenters. The average Bonchev–Trinajstić information content (AvgIpc) is 2.72. The summed E-state index contributed by atoms with van der Waals surface area (Å²) in [5.74, 6) is 1.57. The minimum atomic E-state index is 0.269. The Morgan fingerprint density at radius 3 is 2.48 bits per heavy atom. The van der Waals surface area contributed by atoms with Gasteiger partial charge in [-0.1, -0.05) is 30.3 Å². The Labute approximate surface area is 179 Å². The van der Waals surface area contributed by atoms with Crippen LogP contribution in [0, 0.1) is 0 Å². The van der Waals surface area contributed by atoms with E-state index in [0.717, 1.165) is 37.6 Å². The number of rotatable bonds is 7. The summed E-state index contributed by atoms with van der Waals surface area (Å²) in [7, 11) is 3.38. The summed E-state index contributed by atoms with van der Waals surface area (Å²) in [6.07, 6.45) is 1.02. The van der Waals surface area contributed by atoms with Gasteiger partial charge in [0.05, 0.1) is 27.3 Å². The third kappa shape index (κ3) is 5.40. The van der Waals surface area contributed by atoms with Crippen LogP contribution >= 0.6 is 12.2 Å². The molecule has 2 aromatic rings. The maximum atomic E-state index is 5.59. The minimum Gasteiger partial charge on any atom is -0.493 e. The van der Waals surface area contributed by atoms with Gasteiger partial charge in [0.1, 0.15) is 12.6 Å². The minimum absolute atomic E-state index is 0.269. The zero-order chi connectivity index (χ0) is 20.8. The van der Waals surface area contributed by atoms with E-state index in [9.17, 15) is 0 Å². The van der Waals surface area contributed by atoms with Gasteiger partial charge in [-0.15, -0.1) is 0 Å². The summed E-state index contributed by atoms with van der Waals surface area (Å²) in [4.78, 5) is 1.52. The molecular weight excluding hydrogens is 382 g/mol. The first kappa shape index (κ1) is 21.4. The van der Waals surface area contributed by atoms with E-state index in [2.05, 4.69) is 66.9 Å². The first-order chi connectivity index (χ1) is 14.0. The molecule has 0 saturated carbocycles. The predicted molar refractivity (Wildman–Crippen MR) is 121 cm³/mol. The number of hydrogen-bond acceptors (Lipinski definition) is 3. The Bertz CT molecular complexity index is 826. The maximum absolute atomic E-state index is 5.59. The Balaban J connectivity index is 1.88. The highest BCUT2D eigenvalue weighted by molar-refractivity contribution is 7.80. The normalized spacial score (nSPS) is 18.1. The van der Waals surface area contributed by atoms with Crippen molar-refractivity contribution in [1.82, 2.24) is 10.6 Å². The zero-order valence-electron chi connectivity index (χ0n) is 17.7. The Kier molecular flexibility index (Phi) is 7.34. The van der Waals surface area contributed by atoms with Crippen LogP contribution in [-0.4, -0.2) is 38.5 Å². The molecule has 1 aliphatic heterocycles. The highest BCUT2D eigenvalue weighted by Gasteiger charge is 2.32. The van der Waals surface area contributed by atoms with Crippen molar-refractivity contribution in [1.29, 1.82) is 0 Å². The fourth-order valence-corrected chi connectivity index (χ4v) is 4.32. The van der Waals surface area contributed by atoms with Gasteiger partial charge in [-0.25, -0.2) is 0 Å². The van der Waals surface area contributed by atoms with Crippen LogP contribution in [0.15, 0.2) is 42.5 Å². The predicted octanol–water partition coefficient (Wildman–Crippen LogP) is 2.26. The van der Waals surface area contributed by atoms with Crippen LogP contribution in [0.25, 0.3) is 0 Å². The Morgan fingerprint density at radius 2 is 1.83 bits per heavy atom. The number of quaternary nitrogens is 1. The van der Waals surface area contributed by atoms with Crippen LogP contribution in [0.2, 0.25) is 0 Å². The van der Waals surface area contributed by atoms with Gasteiger partial charge in [0.25, 0.3) is 0 Å². The molecule has 1 heterocycles. The molecule has 156 valence electrons. The highest BCUT2D eigenvalue weighted by Crippen LogP contribution is 2.34. The molecule has 0 fully saturated rings. The Morgan fingerprint density at radius 1 is 1.14 bits per heavy atom. The molecule has 6 heteroatoms. The smallest absolute Gasteiger partial charge is 0.166 e. The monoisotopic (exact) mass is 414 g/mol. The summed E-state index contributed by atoms with van der Waals surface area (Å²) in [6, 6.07) is 15.5.